The van der Waals surface area contributed by atoms with E-state index < -0.39 is 44.1 Å². The van der Waals surface area contributed by atoms with Crippen LogP contribution >= 0.6 is 0 Å². The van der Waals surface area contributed by atoms with Gasteiger partial charge in [-0.15, -0.1) is 0 Å². The van der Waals surface area contributed by atoms with Gasteiger partial charge in [-0.2, -0.15) is 0 Å². The first kappa shape index (κ1) is 3.92. The van der Waals surface area contributed by atoms with E-state index in [4.69, 9.17) is 12.3 Å². The fraction of sp³-hybridized carbons (Fsp3) is 0.636. The van der Waals surface area contributed by atoms with Crippen molar-refractivity contribution in [2.24, 2.45) is 18.8 Å². The van der Waals surface area contributed by atoms with Gasteiger partial charge in [0.05, 0.1) is 21.5 Å². The topological polar surface area (TPSA) is 44.1 Å². The van der Waals surface area contributed by atoms with Crippen molar-refractivity contribution in [3.63, 3.8) is 0 Å². The van der Waals surface area contributed by atoms with Gasteiger partial charge in [-0.05, 0) is 12.8 Å². The molecule has 0 N–H and O–H groups in total. The molecule has 1 fully saturated rings. The van der Waals surface area contributed by atoms with Crippen molar-refractivity contribution in [3.8, 4) is 0 Å². The Morgan fingerprint density at radius 2 is 2.87 bits per heavy atom. The molecule has 1 aliphatic rings. The third-order valence-electron chi connectivity index (χ3n) is 2.10. The van der Waals surface area contributed by atoms with E-state index in [1.54, 1.807) is 0 Å². The number of rotatable bonds is 3. The van der Waals surface area contributed by atoms with Crippen molar-refractivity contribution in [3.05, 3.63) is 18.2 Å². The molecule has 82 valence electrons. The summed E-state index contributed by atoms with van der Waals surface area (Å²) in [7, 11) is 0. The van der Waals surface area contributed by atoms with E-state index in [2.05, 4.69) is 9.72 Å². The van der Waals surface area contributed by atoms with Crippen molar-refractivity contribution >= 4 is 5.97 Å². The zero-order valence-corrected chi connectivity index (χ0v) is 8.07. The second-order valence-corrected chi connectivity index (χ2v) is 3.03. The lowest BCUT2D eigenvalue weighted by atomic mass is 9.89. The van der Waals surface area contributed by atoms with Crippen molar-refractivity contribution < 1.29 is 21.9 Å². The third kappa shape index (κ3) is 1.89. The number of imidazole rings is 1. The Kier molecular flexibility index (Phi) is 1.06. The lowest BCUT2D eigenvalue weighted by Crippen LogP contribution is -2.18. The number of aryl methyl sites for hydroxylation is 1. The number of ether oxygens (including phenoxy) is 1. The number of esters is 1. The second kappa shape index (κ2) is 4.04. The molecule has 1 aromatic heterocycles. The van der Waals surface area contributed by atoms with Crippen LogP contribution in [0.3, 0.4) is 0 Å². The summed E-state index contributed by atoms with van der Waals surface area (Å²) in [5, 5.41) is 0. The average molecular weight is 217 g/mol. The lowest BCUT2D eigenvalue weighted by molar-refractivity contribution is -0.141. The van der Waals surface area contributed by atoms with Crippen LogP contribution in [0.15, 0.2) is 12.5 Å². The van der Waals surface area contributed by atoms with Gasteiger partial charge in [0.2, 0.25) is 0 Å². The van der Waals surface area contributed by atoms with Crippen molar-refractivity contribution in [1.29, 1.82) is 0 Å². The minimum atomic E-state index is -2.99. The largest absolute Gasteiger partial charge is 0.465 e. The molecule has 2 heterocycles. The van der Waals surface area contributed by atoms with Crippen LogP contribution in [0.1, 0.15) is 31.3 Å². The SMILES string of the molecule is [2H]C([2H])([2H])n1cncc1C[C@@]1([2H])C([2H])([2H])OC(=O)[C@@]1([2H])C([2H])([2H])C. The summed E-state index contributed by atoms with van der Waals surface area (Å²) in [5.41, 5.74) is -0.131. The predicted octanol–water partition coefficient (Wildman–Crippen LogP) is 1.16. The quantitative estimate of drug-likeness (QED) is 0.714. The number of hydrogen-bond donors (Lipinski definition) is 0. The van der Waals surface area contributed by atoms with E-state index in [1.165, 1.54) is 0 Å². The summed E-state index contributed by atoms with van der Waals surface area (Å²) in [5.74, 6) is -7.12. The molecular formula is C11H16N2O2. The number of nitrogens with zero attached hydrogens (tertiary/aromatic N) is 2. The molecule has 0 aliphatic carbocycles. The number of hydrogen-bond acceptors (Lipinski definition) is 3. The summed E-state index contributed by atoms with van der Waals surface area (Å²) in [6.45, 7) is -4.76. The molecule has 0 amide bonds. The molecule has 1 aliphatic heterocycles. The molecule has 0 unspecified atom stereocenters. The van der Waals surface area contributed by atoms with Crippen LogP contribution in [0.25, 0.3) is 0 Å². The standard InChI is InChI=1S/C11H16N2O2/c1-3-10-8(6-15-11(10)14)4-9-5-12-7-13(9)2/h5,7-8,10H,3-4,6H2,1-2H3/t8-,10-/m0/s1/i2D3,3D2,6D2,8D,10D. The molecule has 15 heavy (non-hydrogen) atoms. The normalized spacial score (nSPS) is 49.4. The van der Waals surface area contributed by atoms with Crippen molar-refractivity contribution in [2.75, 3.05) is 6.56 Å². The Bertz CT molecular complexity index is 665. The number of carbonyl (C=O) groups is 1. The molecule has 2 atom stereocenters. The number of cyclic esters (lactones) is 1. The van der Waals surface area contributed by atoms with E-state index in [-0.39, 0.29) is 5.69 Å². The monoisotopic (exact) mass is 217 g/mol. The molecule has 4 nitrogen and oxygen atoms in total. The highest BCUT2D eigenvalue weighted by Gasteiger charge is 2.35. The van der Waals surface area contributed by atoms with Crippen LogP contribution in [0.5, 0.6) is 0 Å². The van der Waals surface area contributed by atoms with Crippen LogP contribution in [-0.2, 0) is 22.9 Å². The minimum Gasteiger partial charge on any atom is -0.465 e. The van der Waals surface area contributed by atoms with Gasteiger partial charge in [-0.25, -0.2) is 4.98 Å². The van der Waals surface area contributed by atoms with Crippen LogP contribution < -0.4 is 0 Å². The maximum absolute atomic E-state index is 12.0. The molecule has 1 saturated heterocycles. The summed E-state index contributed by atoms with van der Waals surface area (Å²) in [6.07, 6.45) is -1.32. The highest BCUT2D eigenvalue weighted by atomic mass is 16.5. The van der Waals surface area contributed by atoms with Crippen LogP contribution in [-0.4, -0.2) is 22.1 Å². The lowest BCUT2D eigenvalue weighted by Gasteiger charge is -2.12. The summed E-state index contributed by atoms with van der Waals surface area (Å²) in [4.78, 5) is 15.7. The smallest absolute Gasteiger partial charge is 0.309 e. The van der Waals surface area contributed by atoms with E-state index in [9.17, 15) is 4.79 Å². The van der Waals surface area contributed by atoms with Crippen LogP contribution in [0.2, 0.25) is 0 Å². The molecule has 0 bridgehead atoms. The van der Waals surface area contributed by atoms with E-state index >= 15 is 0 Å². The first-order valence-electron chi connectivity index (χ1n) is 8.83. The number of carbonyl (C=O) groups excluding carboxylic acids is 1. The van der Waals surface area contributed by atoms with Gasteiger partial charge >= 0.3 is 5.97 Å². The first-order valence-corrected chi connectivity index (χ1v) is 4.33. The fourth-order valence-corrected chi connectivity index (χ4v) is 1.34. The molecule has 0 radical (unpaired) electrons. The van der Waals surface area contributed by atoms with Gasteiger partial charge in [0, 0.05) is 34.4 Å². The maximum Gasteiger partial charge on any atom is 0.309 e. The molecule has 0 saturated carbocycles. The van der Waals surface area contributed by atoms with Gasteiger partial charge in [0.1, 0.15) is 0 Å². The Morgan fingerprint density at radius 3 is 3.60 bits per heavy atom. The van der Waals surface area contributed by atoms with Gasteiger partial charge in [0.25, 0.3) is 0 Å². The van der Waals surface area contributed by atoms with Gasteiger partial charge in [-0.3, -0.25) is 4.79 Å². The predicted molar refractivity (Wildman–Crippen MR) is 55.1 cm³/mol. The molecule has 4 heteroatoms. The molecule has 0 aromatic carbocycles. The third-order valence-corrected chi connectivity index (χ3v) is 2.10. The minimum absolute atomic E-state index is 0.131. The summed E-state index contributed by atoms with van der Waals surface area (Å²) in [6, 6.07) is 0. The Hall–Kier alpha value is -1.32. The number of aromatic nitrogens is 2. The summed E-state index contributed by atoms with van der Waals surface area (Å²) >= 11 is 0. The molecular weight excluding hydrogens is 192 g/mol. The average Bonchev–Trinajstić information content (AvgIpc) is 2.87. The second-order valence-electron chi connectivity index (χ2n) is 3.03. The van der Waals surface area contributed by atoms with Gasteiger partial charge < -0.3 is 9.30 Å². The first-order chi connectivity index (χ1) is 10.6. The Morgan fingerprint density at radius 1 is 2.00 bits per heavy atom. The van der Waals surface area contributed by atoms with Crippen LogP contribution in [0.4, 0.5) is 0 Å². The van der Waals surface area contributed by atoms with E-state index in [0.717, 1.165) is 19.4 Å². The fourth-order valence-electron chi connectivity index (χ4n) is 1.34. The van der Waals surface area contributed by atoms with Crippen molar-refractivity contribution in [2.45, 2.75) is 19.7 Å². The van der Waals surface area contributed by atoms with Gasteiger partial charge in [-0.1, -0.05) is 6.92 Å². The molecule has 1 aromatic rings. The van der Waals surface area contributed by atoms with E-state index in [0.29, 0.717) is 4.57 Å². The highest BCUT2D eigenvalue weighted by Crippen LogP contribution is 2.27. The summed E-state index contributed by atoms with van der Waals surface area (Å²) < 4.78 is 75.2. The zero-order valence-electron chi connectivity index (χ0n) is 17.1. The maximum atomic E-state index is 12.0. The van der Waals surface area contributed by atoms with E-state index in [1.807, 2.05) is 0 Å². The molecule has 2 rings (SSSR count). The van der Waals surface area contributed by atoms with Gasteiger partial charge in [0.15, 0.2) is 0 Å². The molecule has 0 spiro atoms. The van der Waals surface area contributed by atoms with Crippen molar-refractivity contribution in [1.82, 2.24) is 9.55 Å². The zero-order chi connectivity index (χ0) is 18.8. The Balaban J connectivity index is 2.61. The highest BCUT2D eigenvalue weighted by molar-refractivity contribution is 5.74. The van der Waals surface area contributed by atoms with Crippen LogP contribution in [0, 0.1) is 11.8 Å². The Labute approximate surface area is 102 Å².